The third kappa shape index (κ3) is 4.52. The van der Waals surface area contributed by atoms with Gasteiger partial charge in [0.15, 0.2) is 11.5 Å². The lowest BCUT2D eigenvalue weighted by Gasteiger charge is -2.16. The van der Waals surface area contributed by atoms with Crippen LogP contribution in [0, 0.1) is 12.8 Å². The van der Waals surface area contributed by atoms with Crippen molar-refractivity contribution in [2.45, 2.75) is 33.2 Å². The minimum absolute atomic E-state index is 0.179. The van der Waals surface area contributed by atoms with Crippen molar-refractivity contribution in [3.63, 3.8) is 0 Å². The van der Waals surface area contributed by atoms with Crippen molar-refractivity contribution in [1.29, 1.82) is 0 Å². The number of rotatable bonds is 7. The molecule has 1 aromatic carbocycles. The Kier molecular flexibility index (Phi) is 5.54. The van der Waals surface area contributed by atoms with Crippen molar-refractivity contribution in [2.75, 3.05) is 7.11 Å². The van der Waals surface area contributed by atoms with Gasteiger partial charge in [-0.1, -0.05) is 31.1 Å². The van der Waals surface area contributed by atoms with Crippen molar-refractivity contribution in [2.24, 2.45) is 5.92 Å². The van der Waals surface area contributed by atoms with Gasteiger partial charge in [0, 0.05) is 18.6 Å². The second-order valence-electron chi connectivity index (χ2n) is 6.62. The zero-order valence-corrected chi connectivity index (χ0v) is 15.7. The highest BCUT2D eigenvalue weighted by Gasteiger charge is 2.24. The molecule has 27 heavy (non-hydrogen) atoms. The molecular weight excluding hydrogens is 348 g/mol. The number of nitrogens with one attached hydrogen (secondary N) is 1. The summed E-state index contributed by atoms with van der Waals surface area (Å²) in [5.74, 6) is 1.97. The average molecular weight is 370 g/mol. The van der Waals surface area contributed by atoms with Crippen LogP contribution in [0.15, 0.2) is 39.3 Å². The number of carbonyl (C=O) groups excluding carboxylic acids is 1. The summed E-state index contributed by atoms with van der Waals surface area (Å²) in [5, 5.41) is 14.7. The number of methoxy groups -OCH3 is 1. The number of ether oxygens (including phenoxy) is 1. The van der Waals surface area contributed by atoms with E-state index in [4.69, 9.17) is 13.7 Å². The summed E-state index contributed by atoms with van der Waals surface area (Å²) >= 11 is 0. The van der Waals surface area contributed by atoms with Crippen molar-refractivity contribution in [3.8, 4) is 17.1 Å². The molecule has 0 bridgehead atoms. The Morgan fingerprint density at radius 3 is 2.74 bits per heavy atom. The van der Waals surface area contributed by atoms with E-state index in [0.717, 1.165) is 5.56 Å². The lowest BCUT2D eigenvalue weighted by Crippen LogP contribution is -2.30. The van der Waals surface area contributed by atoms with Crippen LogP contribution in [0.1, 0.15) is 48.6 Å². The van der Waals surface area contributed by atoms with Gasteiger partial charge in [-0.3, -0.25) is 4.79 Å². The number of aromatic nitrogens is 3. The molecule has 0 aliphatic heterocycles. The van der Waals surface area contributed by atoms with E-state index in [1.165, 1.54) is 0 Å². The Balaban J connectivity index is 1.77. The van der Waals surface area contributed by atoms with Crippen molar-refractivity contribution in [1.82, 2.24) is 20.7 Å². The second-order valence-corrected chi connectivity index (χ2v) is 6.62. The number of hydrogen-bond donors (Lipinski definition) is 1. The Hall–Kier alpha value is -3.16. The van der Waals surface area contributed by atoms with Crippen LogP contribution in [-0.2, 0) is 0 Å². The topological polar surface area (TPSA) is 103 Å². The minimum Gasteiger partial charge on any atom is -0.497 e. The van der Waals surface area contributed by atoms with E-state index in [9.17, 15) is 4.79 Å². The first-order valence-corrected chi connectivity index (χ1v) is 8.68. The Morgan fingerprint density at radius 2 is 2.07 bits per heavy atom. The summed E-state index contributed by atoms with van der Waals surface area (Å²) in [6.07, 6.45) is 0.661. The molecule has 0 aliphatic carbocycles. The van der Waals surface area contributed by atoms with Gasteiger partial charge in [0.25, 0.3) is 5.91 Å². The fourth-order valence-corrected chi connectivity index (χ4v) is 2.67. The highest BCUT2D eigenvalue weighted by Crippen LogP contribution is 2.25. The quantitative estimate of drug-likeness (QED) is 0.678. The molecule has 0 fully saturated rings. The van der Waals surface area contributed by atoms with Gasteiger partial charge in [0.05, 0.1) is 7.11 Å². The van der Waals surface area contributed by atoms with Gasteiger partial charge in [-0.15, -0.1) is 10.2 Å². The van der Waals surface area contributed by atoms with Crippen LogP contribution in [0.5, 0.6) is 5.75 Å². The van der Waals surface area contributed by atoms with Crippen LogP contribution in [0.4, 0.5) is 0 Å². The van der Waals surface area contributed by atoms with Gasteiger partial charge in [0.1, 0.15) is 11.8 Å². The predicted octanol–water partition coefficient (Wildman–Crippen LogP) is 3.56. The summed E-state index contributed by atoms with van der Waals surface area (Å²) in [5.41, 5.74) is 0.949. The number of hydrogen-bond acceptors (Lipinski definition) is 7. The highest BCUT2D eigenvalue weighted by molar-refractivity contribution is 5.93. The van der Waals surface area contributed by atoms with Gasteiger partial charge in [-0.2, -0.15) is 0 Å². The monoisotopic (exact) mass is 370 g/mol. The first-order valence-electron chi connectivity index (χ1n) is 8.68. The number of benzene rings is 1. The standard InChI is InChI=1S/C19H22N4O4/c1-11(2)8-16(19-22-21-12(3)26-19)20-18(24)15-10-17(27-23-15)13-6-5-7-14(9-13)25-4/h5-7,9-11,16H,8H2,1-4H3,(H,20,24). The molecule has 1 N–H and O–H groups in total. The summed E-state index contributed by atoms with van der Waals surface area (Å²) in [6.45, 7) is 5.82. The van der Waals surface area contributed by atoms with E-state index in [2.05, 4.69) is 34.5 Å². The average Bonchev–Trinajstić information content (AvgIpc) is 3.30. The van der Waals surface area contributed by atoms with E-state index in [1.54, 1.807) is 20.1 Å². The second kappa shape index (κ2) is 8.03. The largest absolute Gasteiger partial charge is 0.497 e. The predicted molar refractivity (Wildman–Crippen MR) is 97.2 cm³/mol. The molecule has 3 aromatic rings. The number of carbonyl (C=O) groups is 1. The Morgan fingerprint density at radius 1 is 1.26 bits per heavy atom. The molecule has 0 spiro atoms. The van der Waals surface area contributed by atoms with Gasteiger partial charge >= 0.3 is 0 Å². The van der Waals surface area contributed by atoms with Crippen LogP contribution >= 0.6 is 0 Å². The fourth-order valence-electron chi connectivity index (χ4n) is 2.67. The lowest BCUT2D eigenvalue weighted by atomic mass is 10.0. The van der Waals surface area contributed by atoms with Crippen LogP contribution in [0.2, 0.25) is 0 Å². The summed E-state index contributed by atoms with van der Waals surface area (Å²) in [4.78, 5) is 12.6. The zero-order valence-electron chi connectivity index (χ0n) is 15.7. The number of aryl methyl sites for hydroxylation is 1. The molecule has 0 saturated carbocycles. The Bertz CT molecular complexity index is 916. The number of amides is 1. The molecule has 0 saturated heterocycles. The fraction of sp³-hybridized carbons (Fsp3) is 0.368. The Labute approximate surface area is 156 Å². The van der Waals surface area contributed by atoms with E-state index < -0.39 is 6.04 Å². The number of nitrogens with zero attached hydrogens (tertiary/aromatic N) is 3. The molecule has 0 radical (unpaired) electrons. The minimum atomic E-state index is -0.393. The highest BCUT2D eigenvalue weighted by atomic mass is 16.5. The molecule has 1 atom stereocenters. The maximum atomic E-state index is 12.6. The first kappa shape index (κ1) is 18.6. The van der Waals surface area contributed by atoms with E-state index in [-0.39, 0.29) is 11.6 Å². The molecule has 2 aromatic heterocycles. The molecule has 8 nitrogen and oxygen atoms in total. The van der Waals surface area contributed by atoms with Crippen molar-refractivity contribution in [3.05, 3.63) is 47.8 Å². The summed E-state index contributed by atoms with van der Waals surface area (Å²) in [7, 11) is 1.59. The SMILES string of the molecule is COc1cccc(-c2cc(C(=O)NC(CC(C)C)c3nnc(C)o3)no2)c1. The van der Waals surface area contributed by atoms with Gasteiger partial charge < -0.3 is 19.0 Å². The van der Waals surface area contributed by atoms with Crippen molar-refractivity contribution >= 4 is 5.91 Å². The third-order valence-electron chi connectivity index (χ3n) is 3.95. The smallest absolute Gasteiger partial charge is 0.274 e. The van der Waals surface area contributed by atoms with Gasteiger partial charge in [-0.05, 0) is 24.5 Å². The van der Waals surface area contributed by atoms with E-state index >= 15 is 0 Å². The summed E-state index contributed by atoms with van der Waals surface area (Å²) < 4.78 is 16.0. The molecule has 0 aliphatic rings. The normalized spacial score (nSPS) is 12.2. The lowest BCUT2D eigenvalue weighted by molar-refractivity contribution is 0.0915. The molecule has 1 amide bonds. The van der Waals surface area contributed by atoms with Crippen LogP contribution in [-0.4, -0.2) is 28.4 Å². The van der Waals surface area contributed by atoms with Crippen LogP contribution in [0.3, 0.4) is 0 Å². The molecule has 8 heteroatoms. The van der Waals surface area contributed by atoms with Gasteiger partial charge in [-0.25, -0.2) is 0 Å². The van der Waals surface area contributed by atoms with E-state index in [1.807, 2.05) is 24.3 Å². The zero-order chi connectivity index (χ0) is 19.4. The molecule has 2 heterocycles. The molecule has 3 rings (SSSR count). The van der Waals surface area contributed by atoms with Crippen LogP contribution < -0.4 is 10.1 Å². The van der Waals surface area contributed by atoms with Crippen molar-refractivity contribution < 1.29 is 18.5 Å². The molecule has 142 valence electrons. The van der Waals surface area contributed by atoms with E-state index in [0.29, 0.717) is 35.6 Å². The molecule has 1 unspecified atom stereocenters. The maximum Gasteiger partial charge on any atom is 0.274 e. The summed E-state index contributed by atoms with van der Waals surface area (Å²) in [6, 6.07) is 8.54. The third-order valence-corrected chi connectivity index (χ3v) is 3.95. The van der Waals surface area contributed by atoms with Crippen LogP contribution in [0.25, 0.3) is 11.3 Å². The first-order chi connectivity index (χ1) is 13.0. The molecular formula is C19H22N4O4. The maximum absolute atomic E-state index is 12.6. The van der Waals surface area contributed by atoms with Gasteiger partial charge in [0.2, 0.25) is 11.8 Å².